The van der Waals surface area contributed by atoms with Crippen LogP contribution in [-0.4, -0.2) is 71.7 Å². The molecule has 2 heterocycles. The summed E-state index contributed by atoms with van der Waals surface area (Å²) >= 11 is 0. The van der Waals surface area contributed by atoms with E-state index >= 15 is 0 Å². The molecular formula is C23H31N3O3. The highest BCUT2D eigenvalue weighted by Crippen LogP contribution is 2.30. The first-order valence-corrected chi connectivity index (χ1v) is 10.1. The van der Waals surface area contributed by atoms with E-state index in [-0.39, 0.29) is 30.6 Å². The van der Waals surface area contributed by atoms with Gasteiger partial charge in [-0.3, -0.25) is 4.79 Å². The second-order valence-corrected chi connectivity index (χ2v) is 8.33. The van der Waals surface area contributed by atoms with Crippen molar-refractivity contribution in [2.24, 2.45) is 5.92 Å². The highest BCUT2D eigenvalue weighted by molar-refractivity contribution is 5.98. The Bertz CT molecular complexity index is 851. The molecule has 1 aromatic heterocycles. The van der Waals surface area contributed by atoms with Crippen LogP contribution in [0.5, 0.6) is 5.88 Å². The molecule has 0 saturated carbocycles. The lowest BCUT2D eigenvalue weighted by atomic mass is 9.99. The number of pyridine rings is 1. The van der Waals surface area contributed by atoms with Gasteiger partial charge in [0.25, 0.3) is 5.91 Å². The van der Waals surface area contributed by atoms with E-state index in [4.69, 9.17) is 4.74 Å². The predicted molar refractivity (Wildman–Crippen MR) is 114 cm³/mol. The smallest absolute Gasteiger partial charge is 0.259 e. The number of benzene rings is 1. The summed E-state index contributed by atoms with van der Waals surface area (Å²) in [5.74, 6) is 0.305. The number of aliphatic hydroxyl groups is 1. The molecule has 0 unspecified atom stereocenters. The Morgan fingerprint density at radius 1 is 1.28 bits per heavy atom. The number of fused-ring (bicyclic) bond motifs is 1. The third kappa shape index (κ3) is 4.77. The van der Waals surface area contributed by atoms with E-state index in [0.29, 0.717) is 18.0 Å². The van der Waals surface area contributed by atoms with Gasteiger partial charge in [-0.15, -0.1) is 0 Å². The first-order valence-electron chi connectivity index (χ1n) is 10.1. The maximum atomic E-state index is 13.4. The molecule has 3 atom stereocenters. The molecule has 1 N–H and O–H groups in total. The van der Waals surface area contributed by atoms with Crippen LogP contribution in [0.1, 0.15) is 29.8 Å². The van der Waals surface area contributed by atoms with E-state index in [1.165, 1.54) is 5.56 Å². The van der Waals surface area contributed by atoms with Gasteiger partial charge in [-0.1, -0.05) is 36.8 Å². The summed E-state index contributed by atoms with van der Waals surface area (Å²) < 4.78 is 6.24. The molecule has 0 bridgehead atoms. The van der Waals surface area contributed by atoms with Gasteiger partial charge in [-0.25, -0.2) is 4.98 Å². The first kappa shape index (κ1) is 21.3. The number of aromatic nitrogens is 1. The molecule has 2 aromatic rings. The number of carbonyl (C=O) groups is 1. The van der Waals surface area contributed by atoms with Crippen molar-refractivity contribution >= 4 is 5.91 Å². The quantitative estimate of drug-likeness (QED) is 0.840. The third-order valence-corrected chi connectivity index (χ3v) is 5.45. The van der Waals surface area contributed by atoms with Crippen LogP contribution in [0.15, 0.2) is 36.5 Å². The molecule has 29 heavy (non-hydrogen) atoms. The Hall–Kier alpha value is -2.44. The normalized spacial score (nSPS) is 20.7. The van der Waals surface area contributed by atoms with Crippen LogP contribution in [0, 0.1) is 12.8 Å². The Morgan fingerprint density at radius 2 is 1.97 bits per heavy atom. The summed E-state index contributed by atoms with van der Waals surface area (Å²) in [6.45, 7) is 7.14. The van der Waals surface area contributed by atoms with E-state index in [0.717, 1.165) is 17.7 Å². The summed E-state index contributed by atoms with van der Waals surface area (Å²) in [7, 11) is 4.01. The van der Waals surface area contributed by atoms with Crippen LogP contribution in [0.4, 0.5) is 0 Å². The fraction of sp³-hybridized carbons (Fsp3) is 0.478. The van der Waals surface area contributed by atoms with Crippen LogP contribution in [-0.2, 0) is 0 Å². The molecule has 156 valence electrons. The van der Waals surface area contributed by atoms with E-state index in [1.807, 2.05) is 58.3 Å². The number of carbonyl (C=O) groups excluding carboxylic acids is 1. The van der Waals surface area contributed by atoms with Gasteiger partial charge in [0, 0.05) is 30.8 Å². The maximum Gasteiger partial charge on any atom is 0.259 e. The molecule has 3 rings (SSSR count). The van der Waals surface area contributed by atoms with Gasteiger partial charge in [0.2, 0.25) is 5.88 Å². The Balaban J connectivity index is 2.06. The van der Waals surface area contributed by atoms with Crippen LogP contribution in [0.2, 0.25) is 0 Å². The molecular weight excluding hydrogens is 366 g/mol. The number of ether oxygens (including phenoxy) is 1. The van der Waals surface area contributed by atoms with Crippen molar-refractivity contribution in [1.82, 2.24) is 14.8 Å². The number of amides is 1. The zero-order chi connectivity index (χ0) is 21.1. The average Bonchev–Trinajstić information content (AvgIpc) is 2.70. The molecule has 0 spiro atoms. The molecule has 1 aliphatic heterocycles. The van der Waals surface area contributed by atoms with Crippen LogP contribution in [0.3, 0.4) is 0 Å². The lowest BCUT2D eigenvalue weighted by Crippen LogP contribution is -2.49. The van der Waals surface area contributed by atoms with Gasteiger partial charge in [0.1, 0.15) is 11.7 Å². The second kappa shape index (κ2) is 8.93. The molecule has 6 heteroatoms. The van der Waals surface area contributed by atoms with E-state index in [1.54, 1.807) is 11.1 Å². The molecule has 1 amide bonds. The summed E-state index contributed by atoms with van der Waals surface area (Å²) in [5.41, 5.74) is 3.49. The number of aryl methyl sites for hydroxylation is 1. The summed E-state index contributed by atoms with van der Waals surface area (Å²) in [5, 5.41) is 9.72. The Morgan fingerprint density at radius 3 is 2.59 bits per heavy atom. The summed E-state index contributed by atoms with van der Waals surface area (Å²) in [4.78, 5) is 21.7. The number of likely N-dealkylation sites (N-methyl/N-ethyl adjacent to an activating group) is 1. The van der Waals surface area contributed by atoms with Crippen molar-refractivity contribution in [2.45, 2.75) is 32.9 Å². The standard InChI is InChI=1S/C23H31N3O3/c1-15-6-8-18(9-7-15)19-10-20-22(24-11-19)29-21(13-25(4)5)16(2)12-26(23(20)28)17(3)14-27/h6-11,16-17,21,27H,12-14H2,1-5H3/t16-,17-,21-/m1/s1. The van der Waals surface area contributed by atoms with Gasteiger partial charge < -0.3 is 19.6 Å². The number of hydrogen-bond acceptors (Lipinski definition) is 5. The number of nitrogens with zero attached hydrogens (tertiary/aromatic N) is 3. The molecule has 6 nitrogen and oxygen atoms in total. The summed E-state index contributed by atoms with van der Waals surface area (Å²) in [6, 6.07) is 9.71. The van der Waals surface area contributed by atoms with E-state index in [2.05, 4.69) is 16.8 Å². The van der Waals surface area contributed by atoms with Crippen LogP contribution < -0.4 is 4.74 Å². The topological polar surface area (TPSA) is 65.9 Å². The van der Waals surface area contributed by atoms with Crippen LogP contribution >= 0.6 is 0 Å². The highest BCUT2D eigenvalue weighted by atomic mass is 16.5. The fourth-order valence-corrected chi connectivity index (χ4v) is 3.58. The monoisotopic (exact) mass is 397 g/mol. The van der Waals surface area contributed by atoms with Crippen molar-refractivity contribution in [3.63, 3.8) is 0 Å². The molecule has 1 aliphatic rings. The minimum atomic E-state index is -0.279. The zero-order valence-corrected chi connectivity index (χ0v) is 17.9. The van der Waals surface area contributed by atoms with Gasteiger partial charge in [0.15, 0.2) is 0 Å². The number of rotatable bonds is 5. The minimum absolute atomic E-state index is 0.0852. The molecule has 0 fully saturated rings. The highest BCUT2D eigenvalue weighted by Gasteiger charge is 2.33. The third-order valence-electron chi connectivity index (χ3n) is 5.45. The zero-order valence-electron chi connectivity index (χ0n) is 17.9. The van der Waals surface area contributed by atoms with Crippen molar-refractivity contribution in [1.29, 1.82) is 0 Å². The maximum absolute atomic E-state index is 13.4. The van der Waals surface area contributed by atoms with Gasteiger partial charge in [-0.2, -0.15) is 0 Å². The summed E-state index contributed by atoms with van der Waals surface area (Å²) in [6.07, 6.45) is 1.65. The van der Waals surface area contributed by atoms with E-state index in [9.17, 15) is 9.90 Å². The number of aliphatic hydroxyl groups excluding tert-OH is 1. The van der Waals surface area contributed by atoms with Gasteiger partial charge in [0.05, 0.1) is 12.6 Å². The predicted octanol–water partition coefficient (Wildman–Crippen LogP) is 2.84. The molecule has 0 saturated heterocycles. The fourth-order valence-electron chi connectivity index (χ4n) is 3.58. The average molecular weight is 398 g/mol. The van der Waals surface area contributed by atoms with Gasteiger partial charge >= 0.3 is 0 Å². The number of hydrogen-bond donors (Lipinski definition) is 1. The largest absolute Gasteiger partial charge is 0.472 e. The molecule has 0 radical (unpaired) electrons. The van der Waals surface area contributed by atoms with Crippen molar-refractivity contribution in [3.8, 4) is 17.0 Å². The van der Waals surface area contributed by atoms with Gasteiger partial charge in [-0.05, 0) is 39.6 Å². The second-order valence-electron chi connectivity index (χ2n) is 8.33. The Labute approximate surface area is 173 Å². The van der Waals surface area contributed by atoms with E-state index < -0.39 is 0 Å². The van der Waals surface area contributed by atoms with Crippen LogP contribution in [0.25, 0.3) is 11.1 Å². The lowest BCUT2D eigenvalue weighted by Gasteiger charge is -2.37. The Kier molecular flexibility index (Phi) is 6.55. The molecule has 0 aliphatic carbocycles. The van der Waals surface area contributed by atoms with Crippen molar-refractivity contribution in [2.75, 3.05) is 33.8 Å². The van der Waals surface area contributed by atoms with Crippen molar-refractivity contribution in [3.05, 3.63) is 47.7 Å². The lowest BCUT2D eigenvalue weighted by molar-refractivity contribution is 0.0348. The minimum Gasteiger partial charge on any atom is -0.472 e. The first-order chi connectivity index (χ1) is 13.8. The van der Waals surface area contributed by atoms with Crippen molar-refractivity contribution < 1.29 is 14.6 Å². The molecule has 1 aromatic carbocycles. The SMILES string of the molecule is Cc1ccc(-c2cnc3c(c2)C(=O)N([C@H](C)CO)C[C@@H](C)[C@@H](CN(C)C)O3)cc1.